The molecule has 90 valence electrons. The molecule has 0 unspecified atom stereocenters. The number of hydrogen-bond donors (Lipinski definition) is 1. The third-order valence-electron chi connectivity index (χ3n) is 2.01. The summed E-state index contributed by atoms with van der Waals surface area (Å²) in [4.78, 5) is 16.7. The van der Waals surface area contributed by atoms with Crippen LogP contribution >= 0.6 is 11.3 Å². The van der Waals surface area contributed by atoms with E-state index in [2.05, 4.69) is 17.2 Å². The molecule has 0 atom stereocenters. The third-order valence-corrected chi connectivity index (χ3v) is 2.98. The Balaban J connectivity index is 2.62. The van der Waals surface area contributed by atoms with Crippen LogP contribution in [0.25, 0.3) is 0 Å². The minimum absolute atomic E-state index is 0.321. The number of rotatable bonds is 6. The first-order valence-electron chi connectivity index (χ1n) is 5.53. The maximum atomic E-state index is 11.5. The maximum Gasteiger partial charge on any atom is 0.358 e. The minimum Gasteiger partial charge on any atom is -0.461 e. The number of nitrogens with one attached hydrogen (secondary N) is 1. The van der Waals surface area contributed by atoms with Crippen molar-refractivity contribution < 1.29 is 9.53 Å². The molecule has 0 aliphatic rings. The Bertz CT molecular complexity index is 350. The predicted molar refractivity (Wildman–Crippen MR) is 64.8 cm³/mol. The first-order valence-corrected chi connectivity index (χ1v) is 6.34. The lowest BCUT2D eigenvalue weighted by molar-refractivity contribution is 0.0519. The number of ether oxygens (including phenoxy) is 1. The molecule has 0 saturated heterocycles. The molecular weight excluding hydrogens is 224 g/mol. The van der Waals surface area contributed by atoms with Crippen molar-refractivity contribution in [2.75, 3.05) is 13.2 Å². The Hall–Kier alpha value is -0.940. The van der Waals surface area contributed by atoms with Crippen molar-refractivity contribution in [1.29, 1.82) is 0 Å². The normalized spacial score (nSPS) is 10.4. The van der Waals surface area contributed by atoms with E-state index in [0.717, 1.165) is 29.4 Å². The summed E-state index contributed by atoms with van der Waals surface area (Å²) in [6, 6.07) is 0. The number of esters is 1. The van der Waals surface area contributed by atoms with Gasteiger partial charge in [-0.2, -0.15) is 0 Å². The number of carbonyl (C=O) groups is 1. The molecule has 0 aromatic carbocycles. The van der Waals surface area contributed by atoms with Gasteiger partial charge in [0, 0.05) is 11.4 Å². The summed E-state index contributed by atoms with van der Waals surface area (Å²) in [5.41, 5.74) is 0.458. The lowest BCUT2D eigenvalue weighted by Crippen LogP contribution is -2.14. The Morgan fingerprint density at radius 2 is 2.25 bits per heavy atom. The molecule has 0 spiro atoms. The van der Waals surface area contributed by atoms with Gasteiger partial charge in [0.2, 0.25) is 0 Å². The Morgan fingerprint density at radius 1 is 1.50 bits per heavy atom. The molecule has 5 heteroatoms. The van der Waals surface area contributed by atoms with Crippen LogP contribution in [0.1, 0.15) is 40.6 Å². The van der Waals surface area contributed by atoms with Crippen LogP contribution in [0.2, 0.25) is 0 Å². The Labute approximate surface area is 100 Å². The highest BCUT2D eigenvalue weighted by molar-refractivity contribution is 7.11. The van der Waals surface area contributed by atoms with Crippen molar-refractivity contribution >= 4 is 17.3 Å². The van der Waals surface area contributed by atoms with Crippen molar-refractivity contribution in [3.63, 3.8) is 0 Å². The van der Waals surface area contributed by atoms with E-state index in [4.69, 9.17) is 4.74 Å². The molecule has 0 fully saturated rings. The van der Waals surface area contributed by atoms with Crippen LogP contribution in [0.3, 0.4) is 0 Å². The van der Waals surface area contributed by atoms with Gasteiger partial charge in [0.05, 0.1) is 6.61 Å². The molecule has 4 nitrogen and oxygen atoms in total. The number of carbonyl (C=O) groups excluding carboxylic acids is 1. The second kappa shape index (κ2) is 6.60. The van der Waals surface area contributed by atoms with Crippen LogP contribution < -0.4 is 5.32 Å². The molecule has 0 amide bonds. The van der Waals surface area contributed by atoms with E-state index in [1.54, 1.807) is 18.3 Å². The molecule has 1 aromatic heterocycles. The van der Waals surface area contributed by atoms with Gasteiger partial charge in [-0.25, -0.2) is 9.78 Å². The average molecular weight is 242 g/mol. The highest BCUT2D eigenvalue weighted by Gasteiger charge is 2.15. The van der Waals surface area contributed by atoms with E-state index in [1.165, 1.54) is 0 Å². The monoisotopic (exact) mass is 242 g/mol. The highest BCUT2D eigenvalue weighted by Crippen LogP contribution is 2.18. The molecule has 0 radical (unpaired) electrons. The van der Waals surface area contributed by atoms with Crippen LogP contribution in [0, 0.1) is 6.92 Å². The zero-order valence-electron chi connectivity index (χ0n) is 10.0. The minimum atomic E-state index is -0.321. The van der Waals surface area contributed by atoms with Gasteiger partial charge in [0.25, 0.3) is 0 Å². The van der Waals surface area contributed by atoms with E-state index in [0.29, 0.717) is 12.3 Å². The zero-order valence-corrected chi connectivity index (χ0v) is 10.8. The van der Waals surface area contributed by atoms with Crippen molar-refractivity contribution in [2.45, 2.75) is 33.7 Å². The zero-order chi connectivity index (χ0) is 12.0. The summed E-state index contributed by atoms with van der Waals surface area (Å²) in [6.45, 7) is 7.88. The van der Waals surface area contributed by atoms with Crippen molar-refractivity contribution in [2.24, 2.45) is 0 Å². The molecule has 0 aliphatic carbocycles. The van der Waals surface area contributed by atoms with E-state index < -0.39 is 0 Å². The fourth-order valence-corrected chi connectivity index (χ4v) is 2.18. The van der Waals surface area contributed by atoms with E-state index in [-0.39, 0.29) is 5.97 Å². The first-order chi connectivity index (χ1) is 7.69. The van der Waals surface area contributed by atoms with Gasteiger partial charge in [0.15, 0.2) is 5.69 Å². The number of thiazole rings is 1. The quantitative estimate of drug-likeness (QED) is 0.613. The molecule has 0 bridgehead atoms. The summed E-state index contributed by atoms with van der Waals surface area (Å²) < 4.78 is 4.93. The maximum absolute atomic E-state index is 11.5. The van der Waals surface area contributed by atoms with Crippen LogP contribution in [0.4, 0.5) is 0 Å². The summed E-state index contributed by atoms with van der Waals surface area (Å²) in [7, 11) is 0. The summed E-state index contributed by atoms with van der Waals surface area (Å²) >= 11 is 1.54. The lowest BCUT2D eigenvalue weighted by Gasteiger charge is -1.98. The van der Waals surface area contributed by atoms with Gasteiger partial charge < -0.3 is 10.1 Å². The lowest BCUT2D eigenvalue weighted by atomic mass is 10.4. The number of nitrogens with zero attached hydrogens (tertiary/aromatic N) is 1. The van der Waals surface area contributed by atoms with Crippen LogP contribution in [0.5, 0.6) is 0 Å². The van der Waals surface area contributed by atoms with Crippen LogP contribution in [-0.2, 0) is 11.3 Å². The smallest absolute Gasteiger partial charge is 0.358 e. The van der Waals surface area contributed by atoms with Gasteiger partial charge in [-0.05, 0) is 26.8 Å². The molecule has 1 N–H and O–H groups in total. The fourth-order valence-electron chi connectivity index (χ4n) is 1.29. The molecule has 0 aliphatic heterocycles. The Kier molecular flexibility index (Phi) is 5.42. The second-order valence-electron chi connectivity index (χ2n) is 3.41. The standard InChI is InChI=1S/C11H18N2O2S/c1-4-6-12-7-9-13-10(8(3)16-9)11(14)15-5-2/h12H,4-7H2,1-3H3. The topological polar surface area (TPSA) is 51.2 Å². The van der Waals surface area contributed by atoms with Crippen LogP contribution in [0.15, 0.2) is 0 Å². The SMILES string of the molecule is CCCNCc1nc(C(=O)OCC)c(C)s1. The Morgan fingerprint density at radius 3 is 2.88 bits per heavy atom. The van der Waals surface area contributed by atoms with Gasteiger partial charge in [0.1, 0.15) is 5.01 Å². The largest absolute Gasteiger partial charge is 0.461 e. The van der Waals surface area contributed by atoms with Gasteiger partial charge >= 0.3 is 5.97 Å². The predicted octanol–water partition coefficient (Wildman–Crippen LogP) is 2.13. The van der Waals surface area contributed by atoms with Gasteiger partial charge in [-0.1, -0.05) is 6.92 Å². The fraction of sp³-hybridized carbons (Fsp3) is 0.636. The molecular formula is C11H18N2O2S. The molecule has 1 heterocycles. The molecule has 0 saturated carbocycles. The summed E-state index contributed by atoms with van der Waals surface area (Å²) in [5.74, 6) is -0.321. The van der Waals surface area contributed by atoms with Crippen LogP contribution in [-0.4, -0.2) is 24.1 Å². The third kappa shape index (κ3) is 3.57. The molecule has 1 rings (SSSR count). The van der Waals surface area contributed by atoms with E-state index >= 15 is 0 Å². The van der Waals surface area contributed by atoms with Crippen molar-refractivity contribution in [3.8, 4) is 0 Å². The summed E-state index contributed by atoms with van der Waals surface area (Å²) in [5, 5.41) is 4.20. The number of hydrogen-bond acceptors (Lipinski definition) is 5. The molecule has 1 aromatic rings. The number of aromatic nitrogens is 1. The van der Waals surface area contributed by atoms with E-state index in [9.17, 15) is 4.79 Å². The highest BCUT2D eigenvalue weighted by atomic mass is 32.1. The summed E-state index contributed by atoms with van der Waals surface area (Å²) in [6.07, 6.45) is 1.09. The first kappa shape index (κ1) is 13.1. The van der Waals surface area contributed by atoms with E-state index in [1.807, 2.05) is 6.92 Å². The van der Waals surface area contributed by atoms with Crippen molar-refractivity contribution in [3.05, 3.63) is 15.6 Å². The number of aryl methyl sites for hydroxylation is 1. The molecule has 16 heavy (non-hydrogen) atoms. The average Bonchev–Trinajstić information content (AvgIpc) is 2.61. The second-order valence-corrected chi connectivity index (χ2v) is 4.70. The van der Waals surface area contributed by atoms with Gasteiger partial charge in [-0.15, -0.1) is 11.3 Å². The van der Waals surface area contributed by atoms with Crippen molar-refractivity contribution in [1.82, 2.24) is 10.3 Å². The van der Waals surface area contributed by atoms with Gasteiger partial charge in [-0.3, -0.25) is 0 Å².